The minimum Gasteiger partial charge on any atom is -0.494 e. The number of nitrogens with two attached hydrogens (primary N) is 1. The fourth-order valence-corrected chi connectivity index (χ4v) is 2.93. The molecule has 0 unspecified atom stereocenters. The fourth-order valence-electron chi connectivity index (χ4n) is 2.93. The molecule has 1 amide bonds. The number of ether oxygens (including phenoxy) is 1. The number of fused-ring (bicyclic) bond motifs is 3. The van der Waals surface area contributed by atoms with Crippen molar-refractivity contribution in [3.63, 3.8) is 0 Å². The number of amides is 1. The van der Waals surface area contributed by atoms with Gasteiger partial charge in [0.25, 0.3) is 5.91 Å². The van der Waals surface area contributed by atoms with Gasteiger partial charge in [-0.05, 0) is 36.6 Å². The molecule has 1 aliphatic rings. The third-order valence-corrected chi connectivity index (χ3v) is 4.13. The number of benzene rings is 1. The van der Waals surface area contributed by atoms with Crippen molar-refractivity contribution in [1.29, 1.82) is 0 Å². The van der Waals surface area contributed by atoms with Crippen LogP contribution in [0.25, 0.3) is 5.69 Å². The molecule has 2 heterocycles. The Kier molecular flexibility index (Phi) is 4.60. The zero-order chi connectivity index (χ0) is 16.2. The van der Waals surface area contributed by atoms with E-state index in [1.807, 2.05) is 18.2 Å². The van der Waals surface area contributed by atoms with Crippen LogP contribution in [0.2, 0.25) is 0 Å². The molecule has 1 aromatic carbocycles. The van der Waals surface area contributed by atoms with E-state index in [-0.39, 0.29) is 5.82 Å². The number of nitrogens with zero attached hydrogens (tertiary/aromatic N) is 3. The van der Waals surface area contributed by atoms with E-state index in [9.17, 15) is 4.79 Å². The molecule has 0 radical (unpaired) electrons. The lowest BCUT2D eigenvalue weighted by atomic mass is 10.0. The van der Waals surface area contributed by atoms with Crippen molar-refractivity contribution in [2.24, 2.45) is 5.73 Å². The minimum absolute atomic E-state index is 0.189. The summed E-state index contributed by atoms with van der Waals surface area (Å²) < 4.78 is 7.59. The molecule has 0 atom stereocenters. The molecule has 6 heteroatoms. The van der Waals surface area contributed by atoms with Crippen LogP contribution < -0.4 is 10.5 Å². The maximum atomic E-state index is 11.5. The maximum absolute atomic E-state index is 11.5. The van der Waals surface area contributed by atoms with Gasteiger partial charge in [-0.3, -0.25) is 9.36 Å². The first-order valence-corrected chi connectivity index (χ1v) is 8.21. The van der Waals surface area contributed by atoms with Gasteiger partial charge in [0.15, 0.2) is 0 Å². The van der Waals surface area contributed by atoms with Crippen LogP contribution in [-0.4, -0.2) is 27.3 Å². The molecular formula is C17H22N4O2. The number of hydrogen-bond donors (Lipinski definition) is 1. The standard InChI is InChI=1S/C17H22N4O2/c1-2-3-4-5-10-23-13-7-8-14-12(11-13)6-9-15-19-20-17(16(18)22)21(14)15/h7-8,11H,2-6,9-10H2,1H3,(H2,18,22). The molecule has 1 aromatic heterocycles. The number of carbonyl (C=O) groups excluding carboxylic acids is 1. The van der Waals surface area contributed by atoms with Gasteiger partial charge in [0.2, 0.25) is 5.82 Å². The van der Waals surface area contributed by atoms with Crippen molar-refractivity contribution in [3.8, 4) is 11.4 Å². The van der Waals surface area contributed by atoms with Gasteiger partial charge in [-0.1, -0.05) is 26.2 Å². The highest BCUT2D eigenvalue weighted by molar-refractivity contribution is 5.90. The summed E-state index contributed by atoms with van der Waals surface area (Å²) in [6.45, 7) is 2.94. The maximum Gasteiger partial charge on any atom is 0.287 e. The molecule has 0 spiro atoms. The van der Waals surface area contributed by atoms with Crippen LogP contribution in [0.4, 0.5) is 0 Å². The van der Waals surface area contributed by atoms with Gasteiger partial charge in [0.1, 0.15) is 11.6 Å². The van der Waals surface area contributed by atoms with Crippen LogP contribution in [0.15, 0.2) is 18.2 Å². The SMILES string of the molecule is CCCCCCOc1ccc2c(c1)CCc1nnc(C(N)=O)n1-2. The van der Waals surface area contributed by atoms with Crippen molar-refractivity contribution in [2.75, 3.05) is 6.61 Å². The van der Waals surface area contributed by atoms with Gasteiger partial charge in [-0.15, -0.1) is 10.2 Å². The van der Waals surface area contributed by atoms with Crippen molar-refractivity contribution in [2.45, 2.75) is 45.4 Å². The summed E-state index contributed by atoms with van der Waals surface area (Å²) >= 11 is 0. The Morgan fingerprint density at radius 1 is 1.26 bits per heavy atom. The third kappa shape index (κ3) is 3.21. The lowest BCUT2D eigenvalue weighted by molar-refractivity contribution is 0.0988. The Morgan fingerprint density at radius 3 is 2.91 bits per heavy atom. The number of aryl methyl sites for hydroxylation is 2. The lowest BCUT2D eigenvalue weighted by Gasteiger charge is -2.19. The number of aromatic nitrogens is 3. The molecule has 0 saturated heterocycles. The summed E-state index contributed by atoms with van der Waals surface area (Å²) in [6.07, 6.45) is 6.36. The summed E-state index contributed by atoms with van der Waals surface area (Å²) in [5, 5.41) is 7.96. The normalized spacial score (nSPS) is 12.6. The molecule has 0 bridgehead atoms. The van der Waals surface area contributed by atoms with E-state index in [4.69, 9.17) is 10.5 Å². The van der Waals surface area contributed by atoms with E-state index in [1.165, 1.54) is 19.3 Å². The highest BCUT2D eigenvalue weighted by Gasteiger charge is 2.23. The molecule has 23 heavy (non-hydrogen) atoms. The lowest BCUT2D eigenvalue weighted by Crippen LogP contribution is -2.21. The van der Waals surface area contributed by atoms with Crippen LogP contribution in [0.1, 0.15) is 54.6 Å². The average molecular weight is 314 g/mol. The largest absolute Gasteiger partial charge is 0.494 e. The summed E-state index contributed by atoms with van der Waals surface area (Å²) in [4.78, 5) is 11.5. The van der Waals surface area contributed by atoms with Gasteiger partial charge in [0.05, 0.1) is 12.3 Å². The number of hydrogen-bond acceptors (Lipinski definition) is 4. The number of unbranched alkanes of at least 4 members (excludes halogenated alkanes) is 3. The van der Waals surface area contributed by atoms with Crippen LogP contribution in [-0.2, 0) is 12.8 Å². The Hall–Kier alpha value is -2.37. The second kappa shape index (κ2) is 6.81. The number of carbonyl (C=O) groups is 1. The molecule has 3 rings (SSSR count). The molecule has 2 aromatic rings. The highest BCUT2D eigenvalue weighted by Crippen LogP contribution is 2.28. The third-order valence-electron chi connectivity index (χ3n) is 4.13. The molecule has 1 aliphatic heterocycles. The van der Waals surface area contributed by atoms with Gasteiger partial charge < -0.3 is 10.5 Å². The van der Waals surface area contributed by atoms with E-state index < -0.39 is 5.91 Å². The average Bonchev–Trinajstić information content (AvgIpc) is 2.99. The first kappa shape index (κ1) is 15.5. The topological polar surface area (TPSA) is 83.0 Å². The molecule has 6 nitrogen and oxygen atoms in total. The second-order valence-electron chi connectivity index (χ2n) is 5.84. The van der Waals surface area contributed by atoms with Gasteiger partial charge in [-0.2, -0.15) is 0 Å². The predicted octanol–water partition coefficient (Wildman–Crippen LogP) is 2.42. The molecular weight excluding hydrogens is 292 g/mol. The van der Waals surface area contributed by atoms with Crippen molar-refractivity contribution in [3.05, 3.63) is 35.4 Å². The first-order valence-electron chi connectivity index (χ1n) is 8.21. The predicted molar refractivity (Wildman–Crippen MR) is 86.9 cm³/mol. The van der Waals surface area contributed by atoms with Crippen LogP contribution in [0.5, 0.6) is 5.75 Å². The smallest absolute Gasteiger partial charge is 0.287 e. The first-order chi connectivity index (χ1) is 11.2. The monoisotopic (exact) mass is 314 g/mol. The molecule has 2 N–H and O–H groups in total. The quantitative estimate of drug-likeness (QED) is 0.796. The Morgan fingerprint density at radius 2 is 2.13 bits per heavy atom. The van der Waals surface area contributed by atoms with Crippen LogP contribution in [0, 0.1) is 0 Å². The Balaban J connectivity index is 1.76. The van der Waals surface area contributed by atoms with Gasteiger partial charge in [0, 0.05) is 6.42 Å². The van der Waals surface area contributed by atoms with Gasteiger partial charge >= 0.3 is 0 Å². The van der Waals surface area contributed by atoms with E-state index in [0.717, 1.165) is 48.7 Å². The highest BCUT2D eigenvalue weighted by atomic mass is 16.5. The molecule has 122 valence electrons. The molecule has 0 saturated carbocycles. The Bertz CT molecular complexity index is 709. The molecule has 0 aliphatic carbocycles. The van der Waals surface area contributed by atoms with Gasteiger partial charge in [-0.25, -0.2) is 0 Å². The zero-order valence-corrected chi connectivity index (χ0v) is 13.4. The van der Waals surface area contributed by atoms with Crippen LogP contribution in [0.3, 0.4) is 0 Å². The Labute approximate surface area is 135 Å². The molecule has 0 fully saturated rings. The van der Waals surface area contributed by atoms with E-state index >= 15 is 0 Å². The summed E-state index contributed by atoms with van der Waals surface area (Å²) in [7, 11) is 0. The van der Waals surface area contributed by atoms with E-state index in [0.29, 0.717) is 0 Å². The van der Waals surface area contributed by atoms with Crippen molar-refractivity contribution < 1.29 is 9.53 Å². The van der Waals surface area contributed by atoms with Crippen molar-refractivity contribution >= 4 is 5.91 Å². The van der Waals surface area contributed by atoms with E-state index in [2.05, 4.69) is 17.1 Å². The van der Waals surface area contributed by atoms with Crippen molar-refractivity contribution in [1.82, 2.24) is 14.8 Å². The van der Waals surface area contributed by atoms with E-state index in [1.54, 1.807) is 4.57 Å². The summed E-state index contributed by atoms with van der Waals surface area (Å²) in [5.41, 5.74) is 7.44. The number of rotatable bonds is 7. The fraction of sp³-hybridized carbons (Fsp3) is 0.471. The van der Waals surface area contributed by atoms with Crippen LogP contribution >= 0.6 is 0 Å². The summed E-state index contributed by atoms with van der Waals surface area (Å²) in [6, 6.07) is 5.93. The number of primary amides is 1. The summed E-state index contributed by atoms with van der Waals surface area (Å²) in [5.74, 6) is 1.28. The zero-order valence-electron chi connectivity index (χ0n) is 13.4. The minimum atomic E-state index is -0.562. The second-order valence-corrected chi connectivity index (χ2v) is 5.84.